The third-order valence-electron chi connectivity index (χ3n) is 5.09. The van der Waals surface area contributed by atoms with Gasteiger partial charge in [-0.2, -0.15) is 0 Å². The van der Waals surface area contributed by atoms with E-state index >= 15 is 0 Å². The van der Waals surface area contributed by atoms with Crippen molar-refractivity contribution >= 4 is 11.0 Å². The Hall–Kier alpha value is -2.70. The molecule has 0 saturated heterocycles. The normalized spacial score (nSPS) is 23.8. The molecule has 2 atom stereocenters. The molecule has 134 valence electrons. The van der Waals surface area contributed by atoms with E-state index in [0.29, 0.717) is 34.0 Å². The Bertz CT molecular complexity index is 1040. The average molecular weight is 354 g/mol. The van der Waals surface area contributed by atoms with Crippen molar-refractivity contribution in [1.82, 2.24) is 0 Å². The summed E-state index contributed by atoms with van der Waals surface area (Å²) in [6.45, 7) is 3.35. The number of phenolic OH excluding ortho intramolecular Hbond substituents is 1. The van der Waals surface area contributed by atoms with Crippen molar-refractivity contribution in [2.24, 2.45) is 0 Å². The van der Waals surface area contributed by atoms with Crippen molar-refractivity contribution in [3.63, 3.8) is 0 Å². The molecular formula is C20H18O6. The molecule has 0 radical (unpaired) electrons. The van der Waals surface area contributed by atoms with Gasteiger partial charge in [0, 0.05) is 28.6 Å². The summed E-state index contributed by atoms with van der Waals surface area (Å²) in [6.07, 6.45) is -0.645. The molecular weight excluding hydrogens is 336 g/mol. The summed E-state index contributed by atoms with van der Waals surface area (Å²) in [6, 6.07) is 10.0. The lowest BCUT2D eigenvalue weighted by Crippen LogP contribution is -2.41. The molecule has 0 fully saturated rings. The van der Waals surface area contributed by atoms with Gasteiger partial charge in [-0.25, -0.2) is 0 Å². The van der Waals surface area contributed by atoms with Crippen molar-refractivity contribution in [3.8, 4) is 17.2 Å². The Balaban J connectivity index is 1.66. The maximum absolute atomic E-state index is 11.2. The average Bonchev–Trinajstić information content (AvgIpc) is 3.11. The Kier molecular flexibility index (Phi) is 2.82. The lowest BCUT2D eigenvalue weighted by molar-refractivity contribution is -0.0862. The van der Waals surface area contributed by atoms with Gasteiger partial charge in [-0.1, -0.05) is 0 Å². The number of benzene rings is 2. The zero-order valence-corrected chi connectivity index (χ0v) is 14.3. The molecule has 0 spiro atoms. The summed E-state index contributed by atoms with van der Waals surface area (Å²) in [5.74, 6) is 1.54. The highest BCUT2D eigenvalue weighted by molar-refractivity contribution is 5.81. The summed E-state index contributed by atoms with van der Waals surface area (Å²) in [5, 5.41) is 31.9. The molecule has 2 aliphatic rings. The Morgan fingerprint density at radius 2 is 1.92 bits per heavy atom. The second-order valence-electron chi connectivity index (χ2n) is 7.49. The smallest absolute Gasteiger partial charge is 0.168 e. The molecule has 0 amide bonds. The van der Waals surface area contributed by atoms with Gasteiger partial charge in [0.25, 0.3) is 0 Å². The summed E-state index contributed by atoms with van der Waals surface area (Å²) < 4.78 is 17.5. The SMILES string of the molecule is CC(C)(O)c1cc2cc3c(cc2o1)OC[C@]1(O)c2ccc(O)cc2O[C@@H]31. The van der Waals surface area contributed by atoms with Crippen LogP contribution in [0, 0.1) is 0 Å². The van der Waals surface area contributed by atoms with E-state index in [0.717, 1.165) is 5.39 Å². The van der Waals surface area contributed by atoms with Crippen LogP contribution in [0.15, 0.2) is 40.8 Å². The number of hydrogen-bond donors (Lipinski definition) is 3. The van der Waals surface area contributed by atoms with Gasteiger partial charge in [0.1, 0.15) is 40.8 Å². The lowest BCUT2D eigenvalue weighted by atomic mass is 9.84. The lowest BCUT2D eigenvalue weighted by Gasteiger charge is -2.34. The molecule has 3 aromatic rings. The molecule has 3 N–H and O–H groups in total. The topological polar surface area (TPSA) is 92.3 Å². The van der Waals surface area contributed by atoms with E-state index in [4.69, 9.17) is 13.9 Å². The van der Waals surface area contributed by atoms with Gasteiger partial charge in [0.05, 0.1) is 0 Å². The highest BCUT2D eigenvalue weighted by Crippen LogP contribution is 2.54. The number of phenols is 1. The molecule has 3 heterocycles. The first-order valence-corrected chi connectivity index (χ1v) is 8.41. The first kappa shape index (κ1) is 15.5. The standard InChI is InChI=1S/C20H18O6/c1-19(2,22)17-6-10-5-12-15(8-14(10)25-17)24-9-20(23)13-4-3-11(21)7-16(13)26-18(12)20/h3-8,18,21-23H,9H2,1-2H3/t18-,20-/m0/s1. The fourth-order valence-corrected chi connectivity index (χ4v) is 3.71. The number of ether oxygens (including phenoxy) is 2. The van der Waals surface area contributed by atoms with E-state index in [1.54, 1.807) is 32.0 Å². The summed E-state index contributed by atoms with van der Waals surface area (Å²) >= 11 is 0. The maximum atomic E-state index is 11.2. The number of aromatic hydroxyl groups is 1. The van der Waals surface area contributed by atoms with Crippen LogP contribution in [0.4, 0.5) is 0 Å². The van der Waals surface area contributed by atoms with Gasteiger partial charge in [-0.3, -0.25) is 0 Å². The molecule has 0 aliphatic carbocycles. The van der Waals surface area contributed by atoms with E-state index in [2.05, 4.69) is 0 Å². The minimum Gasteiger partial charge on any atom is -0.508 e. The molecule has 5 rings (SSSR count). The monoisotopic (exact) mass is 354 g/mol. The fourth-order valence-electron chi connectivity index (χ4n) is 3.71. The van der Waals surface area contributed by atoms with Crippen LogP contribution in [0.25, 0.3) is 11.0 Å². The minimum absolute atomic E-state index is 0.0347. The Labute approximate surface area is 149 Å². The molecule has 2 aromatic carbocycles. The van der Waals surface area contributed by atoms with Crippen LogP contribution >= 0.6 is 0 Å². The third kappa shape index (κ3) is 2.00. The number of fused-ring (bicyclic) bond motifs is 6. The number of aliphatic hydroxyl groups is 2. The molecule has 2 aliphatic heterocycles. The van der Waals surface area contributed by atoms with Gasteiger partial charge in [-0.05, 0) is 38.1 Å². The number of rotatable bonds is 1. The molecule has 0 bridgehead atoms. The molecule has 1 aromatic heterocycles. The van der Waals surface area contributed by atoms with Crippen LogP contribution < -0.4 is 9.47 Å². The summed E-state index contributed by atoms with van der Waals surface area (Å²) in [4.78, 5) is 0. The number of hydrogen-bond acceptors (Lipinski definition) is 6. The van der Waals surface area contributed by atoms with E-state index in [1.807, 2.05) is 6.07 Å². The van der Waals surface area contributed by atoms with Crippen LogP contribution in [-0.4, -0.2) is 21.9 Å². The molecule has 26 heavy (non-hydrogen) atoms. The molecule has 6 nitrogen and oxygen atoms in total. The van der Waals surface area contributed by atoms with Crippen molar-refractivity contribution < 1.29 is 29.2 Å². The van der Waals surface area contributed by atoms with Crippen LogP contribution in [0.5, 0.6) is 17.2 Å². The van der Waals surface area contributed by atoms with Gasteiger partial charge in [-0.15, -0.1) is 0 Å². The zero-order valence-electron chi connectivity index (χ0n) is 14.3. The third-order valence-corrected chi connectivity index (χ3v) is 5.09. The second-order valence-corrected chi connectivity index (χ2v) is 7.49. The van der Waals surface area contributed by atoms with Crippen molar-refractivity contribution in [2.45, 2.75) is 31.2 Å². The summed E-state index contributed by atoms with van der Waals surface area (Å²) in [7, 11) is 0. The molecule has 6 heteroatoms. The van der Waals surface area contributed by atoms with Gasteiger partial charge < -0.3 is 29.2 Å². The van der Waals surface area contributed by atoms with Crippen molar-refractivity contribution in [1.29, 1.82) is 0 Å². The van der Waals surface area contributed by atoms with Gasteiger partial charge in [0.2, 0.25) is 0 Å². The molecule has 0 unspecified atom stereocenters. The van der Waals surface area contributed by atoms with E-state index < -0.39 is 17.3 Å². The van der Waals surface area contributed by atoms with E-state index in [9.17, 15) is 15.3 Å². The van der Waals surface area contributed by atoms with Crippen LogP contribution in [0.3, 0.4) is 0 Å². The Morgan fingerprint density at radius 3 is 2.69 bits per heavy atom. The quantitative estimate of drug-likeness (QED) is 0.622. The largest absolute Gasteiger partial charge is 0.508 e. The van der Waals surface area contributed by atoms with Crippen molar-refractivity contribution in [3.05, 3.63) is 53.3 Å². The second kappa shape index (κ2) is 4.72. The first-order valence-electron chi connectivity index (χ1n) is 8.41. The predicted molar refractivity (Wildman–Crippen MR) is 92.3 cm³/mol. The van der Waals surface area contributed by atoms with Crippen LogP contribution in [0.1, 0.15) is 36.8 Å². The van der Waals surface area contributed by atoms with Gasteiger partial charge >= 0.3 is 0 Å². The van der Waals surface area contributed by atoms with Crippen LogP contribution in [-0.2, 0) is 11.2 Å². The van der Waals surface area contributed by atoms with Crippen molar-refractivity contribution in [2.75, 3.05) is 6.61 Å². The maximum Gasteiger partial charge on any atom is 0.168 e. The van der Waals surface area contributed by atoms with Crippen LogP contribution in [0.2, 0.25) is 0 Å². The zero-order chi connectivity index (χ0) is 18.3. The van der Waals surface area contributed by atoms with E-state index in [-0.39, 0.29) is 12.4 Å². The number of furan rings is 1. The Morgan fingerprint density at radius 1 is 1.12 bits per heavy atom. The first-order chi connectivity index (χ1) is 12.3. The highest BCUT2D eigenvalue weighted by atomic mass is 16.5. The predicted octanol–water partition coefficient (Wildman–Crippen LogP) is 3.08. The summed E-state index contributed by atoms with van der Waals surface area (Å²) in [5.41, 5.74) is -0.537. The minimum atomic E-state index is -1.33. The molecule has 0 saturated carbocycles. The van der Waals surface area contributed by atoms with Gasteiger partial charge in [0.15, 0.2) is 11.7 Å². The highest BCUT2D eigenvalue weighted by Gasteiger charge is 2.53. The fraction of sp³-hybridized carbons (Fsp3) is 0.300. The van der Waals surface area contributed by atoms with E-state index in [1.165, 1.54) is 12.1 Å².